The van der Waals surface area contributed by atoms with E-state index < -0.39 is 5.54 Å². The van der Waals surface area contributed by atoms with E-state index in [0.29, 0.717) is 18.6 Å². The number of nitrogens with zero attached hydrogens (tertiary/aromatic N) is 1. The molecule has 1 aromatic carbocycles. The van der Waals surface area contributed by atoms with Crippen LogP contribution < -0.4 is 10.6 Å². The minimum Gasteiger partial charge on any atom is -0.396 e. The first-order valence-corrected chi connectivity index (χ1v) is 11.0. The molecule has 1 aliphatic rings. The van der Waals surface area contributed by atoms with Crippen molar-refractivity contribution in [2.24, 2.45) is 5.92 Å². The molecule has 1 saturated heterocycles. The molecule has 9 heteroatoms. The predicted octanol–water partition coefficient (Wildman–Crippen LogP) is 3.21. The van der Waals surface area contributed by atoms with Gasteiger partial charge in [0.15, 0.2) is 5.11 Å². The van der Waals surface area contributed by atoms with Crippen molar-refractivity contribution in [1.82, 2.24) is 15.6 Å². The van der Waals surface area contributed by atoms with E-state index in [2.05, 4.69) is 31.5 Å². The lowest BCUT2D eigenvalue weighted by Gasteiger charge is -2.45. The molecule has 0 spiro atoms. The number of nitrogens with one attached hydrogen (secondary N) is 2. The van der Waals surface area contributed by atoms with Gasteiger partial charge in [-0.25, -0.2) is 4.98 Å². The number of halogens is 1. The Kier molecular flexibility index (Phi) is 7.16. The first-order valence-electron chi connectivity index (χ1n) is 8.97. The maximum Gasteiger partial charge on any atom is 0.257 e. The van der Waals surface area contributed by atoms with Crippen LogP contribution in [0.1, 0.15) is 35.1 Å². The Morgan fingerprint density at radius 1 is 1.46 bits per heavy atom. The van der Waals surface area contributed by atoms with E-state index in [1.54, 1.807) is 24.3 Å². The third-order valence-corrected chi connectivity index (χ3v) is 6.78. The minimum atomic E-state index is -0.715. The summed E-state index contributed by atoms with van der Waals surface area (Å²) in [4.78, 5) is 17.1. The largest absolute Gasteiger partial charge is 0.396 e. The first-order chi connectivity index (χ1) is 13.4. The number of ether oxygens (including phenoxy) is 1. The molecule has 2 heterocycles. The van der Waals surface area contributed by atoms with E-state index in [-0.39, 0.29) is 29.6 Å². The van der Waals surface area contributed by atoms with Gasteiger partial charge in [-0.15, -0.1) is 11.3 Å². The number of carbonyl (C=O) groups excluding carboxylic acids is 1. The van der Waals surface area contributed by atoms with E-state index in [1.165, 1.54) is 11.3 Å². The summed E-state index contributed by atoms with van der Waals surface area (Å²) in [6.07, 6.45) is 1.40. The molecule has 0 aliphatic carbocycles. The highest BCUT2D eigenvalue weighted by Crippen LogP contribution is 2.41. The van der Waals surface area contributed by atoms with Crippen LogP contribution in [0.15, 0.2) is 40.3 Å². The van der Waals surface area contributed by atoms with Gasteiger partial charge >= 0.3 is 0 Å². The first kappa shape index (κ1) is 21.3. The number of rotatable bonds is 5. The van der Waals surface area contributed by atoms with Crippen molar-refractivity contribution in [3.63, 3.8) is 0 Å². The van der Waals surface area contributed by atoms with E-state index in [4.69, 9.17) is 17.0 Å². The average molecular weight is 484 g/mol. The zero-order valence-corrected chi connectivity index (χ0v) is 18.6. The molecule has 0 bridgehead atoms. The Balaban J connectivity index is 1.85. The van der Waals surface area contributed by atoms with Gasteiger partial charge in [0.2, 0.25) is 0 Å². The second-order valence-corrected chi connectivity index (χ2v) is 8.87. The van der Waals surface area contributed by atoms with Crippen LogP contribution in [-0.2, 0) is 10.3 Å². The quantitative estimate of drug-likeness (QED) is 0.566. The van der Waals surface area contributed by atoms with Gasteiger partial charge in [-0.2, -0.15) is 0 Å². The Bertz CT molecular complexity index is 833. The lowest BCUT2D eigenvalue weighted by atomic mass is 9.77. The molecule has 1 amide bonds. The second-order valence-electron chi connectivity index (χ2n) is 6.79. The second kappa shape index (κ2) is 9.41. The number of aliphatic hydroxyl groups excluding tert-OH is 1. The van der Waals surface area contributed by atoms with Crippen molar-refractivity contribution >= 4 is 50.5 Å². The summed E-state index contributed by atoms with van der Waals surface area (Å²) < 4.78 is 6.69. The number of hydrogen-bond donors (Lipinski definition) is 3. The lowest BCUT2D eigenvalue weighted by Crippen LogP contribution is -2.60. The summed E-state index contributed by atoms with van der Waals surface area (Å²) in [5, 5.41) is 18.6. The van der Waals surface area contributed by atoms with Crippen LogP contribution in [0.5, 0.6) is 0 Å². The van der Waals surface area contributed by atoms with E-state index in [0.717, 1.165) is 16.0 Å². The Morgan fingerprint density at radius 2 is 2.21 bits per heavy atom. The average Bonchev–Trinajstić information content (AvgIpc) is 3.12. The number of amides is 1. The molecule has 1 aliphatic heterocycles. The van der Waals surface area contributed by atoms with Crippen LogP contribution in [0, 0.1) is 5.92 Å². The highest BCUT2D eigenvalue weighted by molar-refractivity contribution is 9.10. The smallest absolute Gasteiger partial charge is 0.257 e. The highest BCUT2D eigenvalue weighted by Gasteiger charge is 2.47. The predicted molar refractivity (Wildman–Crippen MR) is 116 cm³/mol. The maximum absolute atomic E-state index is 12.5. The van der Waals surface area contributed by atoms with Crippen molar-refractivity contribution in [3.8, 4) is 0 Å². The van der Waals surface area contributed by atoms with Gasteiger partial charge in [0.1, 0.15) is 15.1 Å². The number of benzene rings is 1. The lowest BCUT2D eigenvalue weighted by molar-refractivity contribution is -0.0668. The molecular weight excluding hydrogens is 462 g/mol. The van der Waals surface area contributed by atoms with Crippen LogP contribution in [0.2, 0.25) is 0 Å². The molecule has 3 rings (SSSR count). The maximum atomic E-state index is 12.5. The molecule has 28 heavy (non-hydrogen) atoms. The number of aromatic nitrogens is 1. The normalized spacial score (nSPS) is 24.5. The molecule has 0 unspecified atom stereocenters. The van der Waals surface area contributed by atoms with Gasteiger partial charge in [-0.3, -0.25) is 10.1 Å². The third kappa shape index (κ3) is 4.77. The molecule has 3 N–H and O–H groups in total. The van der Waals surface area contributed by atoms with Gasteiger partial charge in [-0.1, -0.05) is 18.2 Å². The fourth-order valence-electron chi connectivity index (χ4n) is 3.47. The fourth-order valence-corrected chi connectivity index (χ4v) is 5.22. The zero-order chi connectivity index (χ0) is 20.1. The van der Waals surface area contributed by atoms with Crippen LogP contribution in [0.3, 0.4) is 0 Å². The number of hydrogen-bond acceptors (Lipinski definition) is 6. The molecule has 2 aromatic rings. The Hall–Kier alpha value is -1.39. The SMILES string of the molecule is C[C@H]1C[C@@H](CCO)[C@](NC(=S)NC(=O)c2ccccc2)(c2nc(Br)cs2)CO1. The van der Waals surface area contributed by atoms with Crippen LogP contribution in [0.25, 0.3) is 0 Å². The number of thiocarbonyl (C=S) groups is 1. The summed E-state index contributed by atoms with van der Waals surface area (Å²) in [6, 6.07) is 8.90. The third-order valence-electron chi connectivity index (χ3n) is 4.84. The summed E-state index contributed by atoms with van der Waals surface area (Å²) >= 11 is 10.4. The highest BCUT2D eigenvalue weighted by atomic mass is 79.9. The van der Waals surface area contributed by atoms with Crippen molar-refractivity contribution < 1.29 is 14.6 Å². The van der Waals surface area contributed by atoms with Gasteiger partial charge in [-0.05, 0) is 66.0 Å². The Morgan fingerprint density at radius 3 is 2.86 bits per heavy atom. The standard InChI is InChI=1S/C19H22BrN3O3S2/c1-12-9-14(7-8-24)19(11-26-12,17-21-15(20)10-28-17)23-18(27)22-16(25)13-5-3-2-4-6-13/h2-6,10,12,14,24H,7-9,11H2,1H3,(H2,22,23,25,27)/t12-,14+,19-/m0/s1. The topological polar surface area (TPSA) is 83.5 Å². The van der Waals surface area contributed by atoms with Crippen molar-refractivity contribution in [2.45, 2.75) is 31.4 Å². The van der Waals surface area contributed by atoms with Crippen molar-refractivity contribution in [1.29, 1.82) is 0 Å². The molecule has 150 valence electrons. The van der Waals surface area contributed by atoms with Crippen LogP contribution in [-0.4, -0.2) is 40.4 Å². The number of aliphatic hydroxyl groups is 1. The summed E-state index contributed by atoms with van der Waals surface area (Å²) in [7, 11) is 0. The molecular formula is C19H22BrN3O3S2. The van der Waals surface area contributed by atoms with Gasteiger partial charge in [0.25, 0.3) is 5.91 Å². The summed E-state index contributed by atoms with van der Waals surface area (Å²) in [5.41, 5.74) is -0.189. The summed E-state index contributed by atoms with van der Waals surface area (Å²) in [6.45, 7) is 2.41. The molecule has 0 saturated carbocycles. The van der Waals surface area contributed by atoms with Gasteiger partial charge in [0.05, 0.1) is 12.7 Å². The fraction of sp³-hybridized carbons (Fsp3) is 0.421. The monoisotopic (exact) mass is 483 g/mol. The van der Waals surface area contributed by atoms with E-state index in [1.807, 2.05) is 18.4 Å². The molecule has 6 nitrogen and oxygen atoms in total. The minimum absolute atomic E-state index is 0.0471. The number of thiazole rings is 1. The van der Waals surface area contributed by atoms with Gasteiger partial charge in [0, 0.05) is 17.6 Å². The zero-order valence-electron chi connectivity index (χ0n) is 15.4. The van der Waals surface area contributed by atoms with Crippen molar-refractivity contribution in [3.05, 3.63) is 50.9 Å². The molecule has 1 aromatic heterocycles. The van der Waals surface area contributed by atoms with E-state index >= 15 is 0 Å². The van der Waals surface area contributed by atoms with E-state index in [9.17, 15) is 9.90 Å². The van der Waals surface area contributed by atoms with Gasteiger partial charge < -0.3 is 15.2 Å². The van der Waals surface area contributed by atoms with Crippen molar-refractivity contribution in [2.75, 3.05) is 13.2 Å². The molecule has 1 fully saturated rings. The summed E-state index contributed by atoms with van der Waals surface area (Å²) in [5.74, 6) is -0.233. The van der Waals surface area contributed by atoms with Crippen LogP contribution >= 0.6 is 39.5 Å². The molecule has 3 atom stereocenters. The number of carbonyl (C=O) groups is 1. The Labute approximate surface area is 181 Å². The van der Waals surface area contributed by atoms with Crippen LogP contribution in [0.4, 0.5) is 0 Å². The molecule has 0 radical (unpaired) electrons.